The smallest absolute Gasteiger partial charge is 0.410 e. The number of aryl methyl sites for hydroxylation is 1. The predicted molar refractivity (Wildman–Crippen MR) is 179 cm³/mol. The van der Waals surface area contributed by atoms with Gasteiger partial charge in [-0.15, -0.1) is 11.3 Å². The van der Waals surface area contributed by atoms with Crippen molar-refractivity contribution in [1.29, 1.82) is 0 Å². The van der Waals surface area contributed by atoms with Gasteiger partial charge in [-0.2, -0.15) is 0 Å². The Morgan fingerprint density at radius 2 is 1.73 bits per heavy atom. The van der Waals surface area contributed by atoms with Crippen LogP contribution in [-0.2, 0) is 29.7 Å². The normalized spacial score (nSPS) is 14.2. The van der Waals surface area contributed by atoms with Crippen LogP contribution in [0.25, 0.3) is 10.2 Å². The zero-order chi connectivity index (χ0) is 32.1. The molecule has 0 spiro atoms. The van der Waals surface area contributed by atoms with Crippen LogP contribution in [0.15, 0.2) is 60.0 Å². The highest BCUT2D eigenvalue weighted by Crippen LogP contribution is 2.29. The fourth-order valence-electron chi connectivity index (χ4n) is 5.21. The lowest BCUT2D eigenvalue weighted by Crippen LogP contribution is -2.44. The SMILES string of the molecule is CC(C)OCc1cccc(NC(=O)c2cc3sccc3n2C)c1COc1ccc(OC2CCN(C(=O)OC(C)(C)C)CC2)cc1.[HH]. The molecule has 2 amide bonds. The number of anilines is 1. The topological polar surface area (TPSA) is 91.3 Å². The minimum absolute atomic E-state index is 0. The van der Waals surface area contributed by atoms with E-state index in [1.807, 2.05) is 106 Å². The standard InChI is InChI=1S/C35H43N3O6S.H2/c1-23(2)41-21-24-8-7-9-29(36-33(39)31-20-32-30(37(31)6)16-19-45-32)28(24)22-42-25-10-12-26(13-11-25)43-27-14-17-38(18-15-27)34(40)44-35(3,4)5;/h7-13,16,19-20,23,27H,14-15,17-18,21-22H2,1-6H3,(H,36,39);1H. The molecule has 2 aromatic carbocycles. The van der Waals surface area contributed by atoms with Gasteiger partial charge in [-0.05, 0) is 88.0 Å². The van der Waals surface area contributed by atoms with Crippen LogP contribution in [0.3, 0.4) is 0 Å². The number of rotatable bonds is 10. The molecule has 3 heterocycles. The quantitative estimate of drug-likeness (QED) is 0.190. The summed E-state index contributed by atoms with van der Waals surface area (Å²) in [5.74, 6) is 1.25. The molecule has 2 aromatic heterocycles. The predicted octanol–water partition coefficient (Wildman–Crippen LogP) is 8.02. The first kappa shape index (κ1) is 32.4. The van der Waals surface area contributed by atoms with Gasteiger partial charge in [-0.1, -0.05) is 12.1 Å². The second kappa shape index (κ2) is 14.0. The van der Waals surface area contributed by atoms with Gasteiger partial charge in [0.1, 0.15) is 35.5 Å². The van der Waals surface area contributed by atoms with Crippen molar-refractivity contribution >= 4 is 39.2 Å². The van der Waals surface area contributed by atoms with Gasteiger partial charge in [0.25, 0.3) is 5.91 Å². The molecule has 0 unspecified atom stereocenters. The van der Waals surface area contributed by atoms with Crippen molar-refractivity contribution < 1.29 is 30.0 Å². The van der Waals surface area contributed by atoms with Crippen LogP contribution < -0.4 is 14.8 Å². The Labute approximate surface area is 270 Å². The molecule has 1 fully saturated rings. The number of nitrogens with zero attached hydrogens (tertiary/aromatic N) is 2. The molecule has 0 aliphatic carbocycles. The van der Waals surface area contributed by atoms with Crippen LogP contribution >= 0.6 is 11.3 Å². The van der Waals surface area contributed by atoms with Gasteiger partial charge in [-0.25, -0.2) is 4.79 Å². The first-order valence-corrected chi connectivity index (χ1v) is 16.3. The minimum atomic E-state index is -0.507. The maximum absolute atomic E-state index is 13.4. The lowest BCUT2D eigenvalue weighted by molar-refractivity contribution is 0.0126. The number of thiophene rings is 1. The van der Waals surface area contributed by atoms with E-state index >= 15 is 0 Å². The number of hydrogen-bond acceptors (Lipinski definition) is 7. The molecule has 1 aliphatic heterocycles. The van der Waals surface area contributed by atoms with E-state index in [1.54, 1.807) is 16.2 Å². The van der Waals surface area contributed by atoms with E-state index in [-0.39, 0.29) is 32.2 Å². The molecule has 0 saturated carbocycles. The third-order valence-electron chi connectivity index (χ3n) is 7.59. The Bertz CT molecular complexity index is 1620. The van der Waals surface area contributed by atoms with Crippen molar-refractivity contribution in [3.8, 4) is 11.5 Å². The van der Waals surface area contributed by atoms with Crippen LogP contribution in [0.5, 0.6) is 11.5 Å². The Hall–Kier alpha value is -4.02. The van der Waals surface area contributed by atoms with Crippen molar-refractivity contribution in [1.82, 2.24) is 9.47 Å². The zero-order valence-corrected chi connectivity index (χ0v) is 27.7. The first-order valence-electron chi connectivity index (χ1n) is 15.4. The highest BCUT2D eigenvalue weighted by molar-refractivity contribution is 7.17. The molecule has 0 bridgehead atoms. The lowest BCUT2D eigenvalue weighted by atomic mass is 10.1. The number of carbonyl (C=O) groups excluding carboxylic acids is 2. The van der Waals surface area contributed by atoms with E-state index in [2.05, 4.69) is 5.32 Å². The van der Waals surface area contributed by atoms with Crippen molar-refractivity contribution in [2.75, 3.05) is 18.4 Å². The summed E-state index contributed by atoms with van der Waals surface area (Å²) in [5, 5.41) is 5.14. The third kappa shape index (κ3) is 8.38. The van der Waals surface area contributed by atoms with Crippen molar-refractivity contribution in [2.24, 2.45) is 7.05 Å². The number of amides is 2. The molecule has 1 N–H and O–H groups in total. The first-order chi connectivity index (χ1) is 21.5. The molecule has 9 nitrogen and oxygen atoms in total. The summed E-state index contributed by atoms with van der Waals surface area (Å²) in [5.41, 5.74) is 3.62. The summed E-state index contributed by atoms with van der Waals surface area (Å²) in [4.78, 5) is 27.5. The van der Waals surface area contributed by atoms with Crippen LogP contribution in [0.1, 0.15) is 70.5 Å². The maximum atomic E-state index is 13.4. The van der Waals surface area contributed by atoms with Gasteiger partial charge in [-0.3, -0.25) is 4.79 Å². The van der Waals surface area contributed by atoms with Gasteiger partial charge < -0.3 is 33.7 Å². The Balaban J connectivity index is 0.00000480. The molecule has 5 rings (SSSR count). The molecule has 10 heteroatoms. The zero-order valence-electron chi connectivity index (χ0n) is 26.9. The van der Waals surface area contributed by atoms with E-state index in [0.29, 0.717) is 36.8 Å². The highest BCUT2D eigenvalue weighted by Gasteiger charge is 2.27. The molecule has 1 aliphatic rings. The van der Waals surface area contributed by atoms with E-state index in [9.17, 15) is 9.59 Å². The van der Waals surface area contributed by atoms with Gasteiger partial charge in [0.05, 0.1) is 22.9 Å². The Kier molecular flexibility index (Phi) is 10.0. The average Bonchev–Trinajstić information content (AvgIpc) is 3.58. The fourth-order valence-corrected chi connectivity index (χ4v) is 6.06. The highest BCUT2D eigenvalue weighted by atomic mass is 32.1. The summed E-state index contributed by atoms with van der Waals surface area (Å²) in [6.07, 6.45) is 1.28. The summed E-state index contributed by atoms with van der Waals surface area (Å²) in [7, 11) is 1.90. The molecular weight excluding hydrogens is 590 g/mol. The number of hydrogen-bond donors (Lipinski definition) is 1. The summed E-state index contributed by atoms with van der Waals surface area (Å²) < 4.78 is 26.8. The number of nitrogens with one attached hydrogen (secondary N) is 1. The minimum Gasteiger partial charge on any atom is -0.490 e. The third-order valence-corrected chi connectivity index (χ3v) is 8.45. The van der Waals surface area contributed by atoms with Crippen LogP contribution in [-0.4, -0.2) is 52.4 Å². The molecule has 0 radical (unpaired) electrons. The molecule has 1 saturated heterocycles. The number of likely N-dealkylation sites (tertiary alicyclic amines) is 1. The fraction of sp³-hybridized carbons (Fsp3) is 0.429. The largest absolute Gasteiger partial charge is 0.490 e. The number of fused-ring (bicyclic) bond motifs is 1. The molecule has 45 heavy (non-hydrogen) atoms. The number of ether oxygens (including phenoxy) is 4. The van der Waals surface area contributed by atoms with Crippen LogP contribution in [0.4, 0.5) is 10.5 Å². The number of piperidine rings is 1. The van der Waals surface area contributed by atoms with Crippen LogP contribution in [0.2, 0.25) is 0 Å². The van der Waals surface area contributed by atoms with Gasteiger partial charge in [0.15, 0.2) is 0 Å². The van der Waals surface area contributed by atoms with Crippen LogP contribution in [0, 0.1) is 0 Å². The molecule has 4 aromatic rings. The Morgan fingerprint density at radius 3 is 2.40 bits per heavy atom. The lowest BCUT2D eigenvalue weighted by Gasteiger charge is -2.33. The van der Waals surface area contributed by atoms with Gasteiger partial charge in [0, 0.05) is 45.7 Å². The van der Waals surface area contributed by atoms with E-state index in [4.69, 9.17) is 18.9 Å². The van der Waals surface area contributed by atoms with Gasteiger partial charge in [0.2, 0.25) is 0 Å². The van der Waals surface area contributed by atoms with Crippen molar-refractivity contribution in [2.45, 2.75) is 78.5 Å². The second-order valence-electron chi connectivity index (χ2n) is 12.6. The molecule has 242 valence electrons. The maximum Gasteiger partial charge on any atom is 0.410 e. The number of carbonyl (C=O) groups is 2. The Morgan fingerprint density at radius 1 is 1.02 bits per heavy atom. The summed E-state index contributed by atoms with van der Waals surface area (Å²) >= 11 is 1.61. The number of aromatic nitrogens is 1. The van der Waals surface area contributed by atoms with E-state index < -0.39 is 5.60 Å². The van der Waals surface area contributed by atoms with Crippen molar-refractivity contribution in [3.63, 3.8) is 0 Å². The van der Waals surface area contributed by atoms with E-state index in [0.717, 1.165) is 39.9 Å². The average molecular weight is 636 g/mol. The second-order valence-corrected chi connectivity index (χ2v) is 13.5. The number of benzene rings is 2. The van der Waals surface area contributed by atoms with Crippen molar-refractivity contribution in [3.05, 3.63) is 76.8 Å². The van der Waals surface area contributed by atoms with Gasteiger partial charge >= 0.3 is 6.09 Å². The molecule has 0 atom stereocenters. The van der Waals surface area contributed by atoms with E-state index in [1.165, 1.54) is 0 Å². The monoisotopic (exact) mass is 635 g/mol. The summed E-state index contributed by atoms with van der Waals surface area (Å²) in [6.45, 7) is 11.5. The summed E-state index contributed by atoms with van der Waals surface area (Å²) in [6, 6.07) is 17.3. The molecular formula is C35H45N3O6S.